The summed E-state index contributed by atoms with van der Waals surface area (Å²) in [6, 6.07) is 0.471. The summed E-state index contributed by atoms with van der Waals surface area (Å²) in [4.78, 5) is 8.54. The normalized spacial score (nSPS) is 19.7. The van der Waals surface area contributed by atoms with Crippen LogP contribution in [-0.2, 0) is 7.05 Å². The van der Waals surface area contributed by atoms with Gasteiger partial charge in [-0.1, -0.05) is 12.2 Å². The maximum atomic E-state index is 4.31. The van der Waals surface area contributed by atoms with Crippen molar-refractivity contribution in [2.45, 2.75) is 25.3 Å². The molecule has 0 spiro atoms. The summed E-state index contributed by atoms with van der Waals surface area (Å²) in [5, 5.41) is 8.68. The highest BCUT2D eigenvalue weighted by Gasteiger charge is 2.13. The molecule has 2 aromatic heterocycles. The number of aryl methyl sites for hydroxylation is 1. The Balaban J connectivity index is 1.92. The zero-order chi connectivity index (χ0) is 11.7. The van der Waals surface area contributed by atoms with Crippen LogP contribution in [0.25, 0.3) is 11.0 Å². The Morgan fingerprint density at radius 1 is 1.35 bits per heavy atom. The van der Waals surface area contributed by atoms with Crippen molar-refractivity contribution in [3.05, 3.63) is 24.7 Å². The lowest BCUT2D eigenvalue weighted by Crippen LogP contribution is -2.21. The van der Waals surface area contributed by atoms with Gasteiger partial charge in [0.1, 0.15) is 12.1 Å². The van der Waals surface area contributed by atoms with E-state index in [-0.39, 0.29) is 0 Å². The van der Waals surface area contributed by atoms with Crippen molar-refractivity contribution in [1.82, 2.24) is 19.7 Å². The van der Waals surface area contributed by atoms with E-state index in [2.05, 4.69) is 32.5 Å². The van der Waals surface area contributed by atoms with E-state index in [0.29, 0.717) is 6.04 Å². The van der Waals surface area contributed by atoms with Gasteiger partial charge in [0.05, 0.1) is 11.6 Å². The molecule has 1 unspecified atom stereocenters. The number of hydrogen-bond donors (Lipinski definition) is 1. The van der Waals surface area contributed by atoms with Crippen molar-refractivity contribution in [2.75, 3.05) is 5.32 Å². The van der Waals surface area contributed by atoms with Gasteiger partial charge in [0.25, 0.3) is 0 Å². The number of allylic oxidation sites excluding steroid dienone is 1. The molecule has 0 aliphatic heterocycles. The van der Waals surface area contributed by atoms with Crippen molar-refractivity contribution >= 4 is 16.9 Å². The van der Waals surface area contributed by atoms with E-state index >= 15 is 0 Å². The van der Waals surface area contributed by atoms with Crippen molar-refractivity contribution in [1.29, 1.82) is 0 Å². The lowest BCUT2D eigenvalue weighted by atomic mass is 10.0. The maximum absolute atomic E-state index is 4.31. The van der Waals surface area contributed by atoms with E-state index in [1.54, 1.807) is 11.0 Å². The van der Waals surface area contributed by atoms with Crippen LogP contribution >= 0.6 is 0 Å². The van der Waals surface area contributed by atoms with E-state index in [1.807, 2.05) is 13.2 Å². The van der Waals surface area contributed by atoms with E-state index < -0.39 is 0 Å². The van der Waals surface area contributed by atoms with E-state index in [9.17, 15) is 0 Å². The largest absolute Gasteiger partial charge is 0.366 e. The number of anilines is 1. The molecule has 0 aromatic carbocycles. The molecule has 1 aliphatic carbocycles. The van der Waals surface area contributed by atoms with Gasteiger partial charge < -0.3 is 5.32 Å². The molecule has 1 atom stereocenters. The summed E-state index contributed by atoms with van der Waals surface area (Å²) >= 11 is 0. The summed E-state index contributed by atoms with van der Waals surface area (Å²) in [7, 11) is 1.89. The predicted octanol–water partition coefficient (Wildman–Crippen LogP) is 1.88. The Kier molecular flexibility index (Phi) is 2.51. The van der Waals surface area contributed by atoms with Gasteiger partial charge in [-0.05, 0) is 19.3 Å². The van der Waals surface area contributed by atoms with Crippen LogP contribution in [0, 0.1) is 0 Å². The van der Waals surface area contributed by atoms with Gasteiger partial charge in [-0.25, -0.2) is 9.97 Å². The summed E-state index contributed by atoms with van der Waals surface area (Å²) in [6.45, 7) is 0. The molecule has 1 N–H and O–H groups in total. The van der Waals surface area contributed by atoms with Crippen LogP contribution < -0.4 is 5.32 Å². The van der Waals surface area contributed by atoms with Gasteiger partial charge in [-0.3, -0.25) is 4.68 Å². The second kappa shape index (κ2) is 4.16. The molecule has 5 heteroatoms. The van der Waals surface area contributed by atoms with Gasteiger partial charge in [0.15, 0.2) is 5.65 Å². The van der Waals surface area contributed by atoms with Gasteiger partial charge in [0.2, 0.25) is 0 Å². The summed E-state index contributed by atoms with van der Waals surface area (Å²) in [6.07, 6.45) is 11.2. The fourth-order valence-corrected chi connectivity index (χ4v) is 2.20. The first-order valence-corrected chi connectivity index (χ1v) is 5.89. The Bertz CT molecular complexity index is 557. The molecular formula is C12H15N5. The third kappa shape index (κ3) is 1.88. The molecule has 2 aromatic rings. The monoisotopic (exact) mass is 229 g/mol. The summed E-state index contributed by atoms with van der Waals surface area (Å²) in [5.41, 5.74) is 0.869. The molecule has 3 rings (SSSR count). The minimum absolute atomic E-state index is 0.471. The second-order valence-corrected chi connectivity index (χ2v) is 4.35. The quantitative estimate of drug-likeness (QED) is 0.799. The van der Waals surface area contributed by atoms with Gasteiger partial charge >= 0.3 is 0 Å². The number of fused-ring (bicyclic) bond motifs is 1. The van der Waals surface area contributed by atoms with E-state index in [0.717, 1.165) is 36.1 Å². The number of aromatic nitrogens is 4. The molecule has 1 aliphatic rings. The van der Waals surface area contributed by atoms with Crippen LogP contribution in [0.2, 0.25) is 0 Å². The number of nitrogens with zero attached hydrogens (tertiary/aromatic N) is 4. The number of nitrogens with one attached hydrogen (secondary N) is 1. The molecule has 0 radical (unpaired) electrons. The smallest absolute Gasteiger partial charge is 0.163 e. The molecule has 88 valence electrons. The highest BCUT2D eigenvalue weighted by atomic mass is 15.3. The Morgan fingerprint density at radius 3 is 3.12 bits per heavy atom. The van der Waals surface area contributed by atoms with Gasteiger partial charge in [-0.15, -0.1) is 0 Å². The Hall–Kier alpha value is -1.91. The zero-order valence-electron chi connectivity index (χ0n) is 9.80. The average molecular weight is 229 g/mol. The number of rotatable bonds is 2. The molecule has 0 fully saturated rings. The summed E-state index contributed by atoms with van der Waals surface area (Å²) in [5.74, 6) is 0.892. The van der Waals surface area contributed by atoms with Crippen molar-refractivity contribution in [2.24, 2.45) is 7.05 Å². The van der Waals surface area contributed by atoms with Crippen molar-refractivity contribution in [3.63, 3.8) is 0 Å². The lowest BCUT2D eigenvalue weighted by Gasteiger charge is -2.19. The first kappa shape index (κ1) is 10.3. The van der Waals surface area contributed by atoms with E-state index in [1.165, 1.54) is 0 Å². The molecule has 0 saturated carbocycles. The van der Waals surface area contributed by atoms with Gasteiger partial charge in [0, 0.05) is 13.1 Å². The second-order valence-electron chi connectivity index (χ2n) is 4.35. The maximum Gasteiger partial charge on any atom is 0.163 e. The summed E-state index contributed by atoms with van der Waals surface area (Å²) < 4.78 is 1.77. The molecule has 5 nitrogen and oxygen atoms in total. The van der Waals surface area contributed by atoms with Crippen molar-refractivity contribution < 1.29 is 0 Å². The first-order chi connectivity index (χ1) is 8.34. The minimum atomic E-state index is 0.471. The third-order valence-electron chi connectivity index (χ3n) is 3.14. The molecule has 2 heterocycles. The average Bonchev–Trinajstić information content (AvgIpc) is 2.74. The van der Waals surface area contributed by atoms with Crippen LogP contribution in [0.1, 0.15) is 19.3 Å². The third-order valence-corrected chi connectivity index (χ3v) is 3.14. The van der Waals surface area contributed by atoms with Crippen LogP contribution in [0.5, 0.6) is 0 Å². The molecule has 17 heavy (non-hydrogen) atoms. The van der Waals surface area contributed by atoms with Crippen LogP contribution in [-0.4, -0.2) is 25.8 Å². The fraction of sp³-hybridized carbons (Fsp3) is 0.417. The first-order valence-electron chi connectivity index (χ1n) is 5.89. The van der Waals surface area contributed by atoms with Crippen LogP contribution in [0.4, 0.5) is 5.82 Å². The molecule has 0 saturated heterocycles. The fourth-order valence-electron chi connectivity index (χ4n) is 2.20. The Labute approximate surface area is 99.6 Å². The minimum Gasteiger partial charge on any atom is -0.366 e. The van der Waals surface area contributed by atoms with Crippen LogP contribution in [0.15, 0.2) is 24.7 Å². The lowest BCUT2D eigenvalue weighted by molar-refractivity contribution is 0.643. The van der Waals surface area contributed by atoms with E-state index in [4.69, 9.17) is 0 Å². The molecule has 0 amide bonds. The van der Waals surface area contributed by atoms with Crippen LogP contribution in [0.3, 0.4) is 0 Å². The highest BCUT2D eigenvalue weighted by Crippen LogP contribution is 2.21. The zero-order valence-corrected chi connectivity index (χ0v) is 9.80. The van der Waals surface area contributed by atoms with Crippen molar-refractivity contribution in [3.8, 4) is 0 Å². The topological polar surface area (TPSA) is 55.6 Å². The molecular weight excluding hydrogens is 214 g/mol. The SMILES string of the molecule is Cn1ncc2c(NC3CC=CCC3)ncnc21. The predicted molar refractivity (Wildman–Crippen MR) is 66.7 cm³/mol. The molecule has 0 bridgehead atoms. The Morgan fingerprint density at radius 2 is 2.29 bits per heavy atom. The van der Waals surface area contributed by atoms with Gasteiger partial charge in [-0.2, -0.15) is 5.10 Å². The number of hydrogen-bond acceptors (Lipinski definition) is 4. The standard InChI is InChI=1S/C12H15N5/c1-17-12-10(7-15-17)11(13-8-14-12)16-9-5-3-2-4-6-9/h2-3,7-9H,4-6H2,1H3,(H,13,14,16). The highest BCUT2D eigenvalue weighted by molar-refractivity contribution is 5.86.